The van der Waals surface area contributed by atoms with Gasteiger partial charge in [0.25, 0.3) is 0 Å². The van der Waals surface area contributed by atoms with Crippen LogP contribution in [0.5, 0.6) is 5.75 Å². The number of unbranched alkanes of at least 4 members (excludes halogenated alkanes) is 2. The molecule has 1 aromatic rings. The first-order chi connectivity index (χ1) is 9.20. The van der Waals surface area contributed by atoms with Crippen molar-refractivity contribution in [1.82, 2.24) is 0 Å². The quantitative estimate of drug-likeness (QED) is 0.523. The second-order valence-corrected chi connectivity index (χ2v) is 4.62. The molecule has 0 spiro atoms. The van der Waals surface area contributed by atoms with Gasteiger partial charge in [0.15, 0.2) is 0 Å². The highest BCUT2D eigenvalue weighted by atomic mass is 16.5. The molecule has 106 valence electrons. The molecule has 1 aromatic carbocycles. The van der Waals surface area contributed by atoms with Crippen LogP contribution in [-0.4, -0.2) is 19.2 Å². The molecular weight excluding hydrogens is 240 g/mol. The fourth-order valence-corrected chi connectivity index (χ4v) is 1.71. The SMILES string of the molecule is CCCCOC(=O)c1cccc(OCCCC)c1C. The van der Waals surface area contributed by atoms with E-state index in [1.807, 2.05) is 19.1 Å². The topological polar surface area (TPSA) is 35.5 Å². The molecule has 0 fully saturated rings. The Balaban J connectivity index is 2.67. The van der Waals surface area contributed by atoms with Crippen LogP contribution in [-0.2, 0) is 4.74 Å². The highest BCUT2D eigenvalue weighted by molar-refractivity contribution is 5.91. The standard InChI is InChI=1S/C16H24O3/c1-4-6-11-18-15-10-8-9-14(13(15)3)16(17)19-12-7-5-2/h8-10H,4-7,11-12H2,1-3H3. The van der Waals surface area contributed by atoms with Crippen molar-refractivity contribution in [2.75, 3.05) is 13.2 Å². The molecule has 3 nitrogen and oxygen atoms in total. The molecule has 0 bridgehead atoms. The van der Waals surface area contributed by atoms with E-state index in [1.54, 1.807) is 6.07 Å². The highest BCUT2D eigenvalue weighted by Gasteiger charge is 2.13. The van der Waals surface area contributed by atoms with E-state index in [-0.39, 0.29) is 5.97 Å². The van der Waals surface area contributed by atoms with Gasteiger partial charge in [0, 0.05) is 5.56 Å². The number of ether oxygens (including phenoxy) is 2. The zero-order chi connectivity index (χ0) is 14.1. The number of carbonyl (C=O) groups is 1. The number of benzene rings is 1. The van der Waals surface area contributed by atoms with Crippen LogP contribution in [0.1, 0.15) is 55.5 Å². The van der Waals surface area contributed by atoms with Gasteiger partial charge in [-0.2, -0.15) is 0 Å². The molecule has 0 heterocycles. The largest absolute Gasteiger partial charge is 0.493 e. The van der Waals surface area contributed by atoms with Crippen LogP contribution in [0, 0.1) is 6.92 Å². The molecule has 0 atom stereocenters. The molecule has 0 radical (unpaired) electrons. The van der Waals surface area contributed by atoms with Gasteiger partial charge in [-0.25, -0.2) is 4.79 Å². The molecule has 0 unspecified atom stereocenters. The lowest BCUT2D eigenvalue weighted by Gasteiger charge is -2.12. The summed E-state index contributed by atoms with van der Waals surface area (Å²) in [6, 6.07) is 5.52. The number of hydrogen-bond acceptors (Lipinski definition) is 3. The Labute approximate surface area is 115 Å². The number of hydrogen-bond donors (Lipinski definition) is 0. The summed E-state index contributed by atoms with van der Waals surface area (Å²) in [6.07, 6.45) is 4.03. The van der Waals surface area contributed by atoms with E-state index in [9.17, 15) is 4.79 Å². The molecular formula is C16H24O3. The highest BCUT2D eigenvalue weighted by Crippen LogP contribution is 2.22. The van der Waals surface area contributed by atoms with Crippen molar-refractivity contribution in [3.05, 3.63) is 29.3 Å². The minimum atomic E-state index is -0.258. The number of rotatable bonds is 8. The fourth-order valence-electron chi connectivity index (χ4n) is 1.71. The van der Waals surface area contributed by atoms with E-state index in [2.05, 4.69) is 13.8 Å². The second kappa shape index (κ2) is 8.57. The molecule has 0 N–H and O–H groups in total. The Bertz CT molecular complexity index is 399. The third-order valence-corrected chi connectivity index (χ3v) is 2.99. The molecule has 0 saturated carbocycles. The lowest BCUT2D eigenvalue weighted by Crippen LogP contribution is -2.09. The van der Waals surface area contributed by atoms with Gasteiger partial charge in [-0.1, -0.05) is 32.8 Å². The van der Waals surface area contributed by atoms with E-state index < -0.39 is 0 Å². The maximum absolute atomic E-state index is 11.9. The fraction of sp³-hybridized carbons (Fsp3) is 0.562. The first-order valence-electron chi connectivity index (χ1n) is 7.10. The van der Waals surface area contributed by atoms with E-state index in [4.69, 9.17) is 9.47 Å². The van der Waals surface area contributed by atoms with Crippen molar-refractivity contribution in [2.45, 2.75) is 46.5 Å². The molecule has 3 heteroatoms. The first-order valence-corrected chi connectivity index (χ1v) is 7.10. The molecule has 19 heavy (non-hydrogen) atoms. The third-order valence-electron chi connectivity index (χ3n) is 2.99. The average molecular weight is 264 g/mol. The van der Waals surface area contributed by atoms with Gasteiger partial charge >= 0.3 is 5.97 Å². The smallest absolute Gasteiger partial charge is 0.338 e. The van der Waals surface area contributed by atoms with Gasteiger partial charge in [0.05, 0.1) is 18.8 Å². The summed E-state index contributed by atoms with van der Waals surface area (Å²) in [6.45, 7) is 7.26. The summed E-state index contributed by atoms with van der Waals surface area (Å²) in [5, 5.41) is 0. The van der Waals surface area contributed by atoms with Crippen LogP contribution in [0.25, 0.3) is 0 Å². The van der Waals surface area contributed by atoms with E-state index >= 15 is 0 Å². The Hall–Kier alpha value is -1.51. The van der Waals surface area contributed by atoms with Gasteiger partial charge in [0.2, 0.25) is 0 Å². The number of esters is 1. The van der Waals surface area contributed by atoms with E-state index in [0.717, 1.165) is 37.0 Å². The molecule has 0 saturated heterocycles. The monoisotopic (exact) mass is 264 g/mol. The van der Waals surface area contributed by atoms with E-state index in [1.165, 1.54) is 0 Å². The normalized spacial score (nSPS) is 10.3. The second-order valence-electron chi connectivity index (χ2n) is 4.62. The summed E-state index contributed by atoms with van der Waals surface area (Å²) in [7, 11) is 0. The van der Waals surface area contributed by atoms with Gasteiger partial charge in [-0.05, 0) is 31.9 Å². The zero-order valence-electron chi connectivity index (χ0n) is 12.2. The van der Waals surface area contributed by atoms with Crippen LogP contribution >= 0.6 is 0 Å². The van der Waals surface area contributed by atoms with Crippen LogP contribution in [0.4, 0.5) is 0 Å². The van der Waals surface area contributed by atoms with Crippen molar-refractivity contribution in [2.24, 2.45) is 0 Å². The maximum Gasteiger partial charge on any atom is 0.338 e. The summed E-state index contributed by atoms with van der Waals surface area (Å²) < 4.78 is 10.9. The minimum Gasteiger partial charge on any atom is -0.493 e. The molecule has 1 rings (SSSR count). The summed E-state index contributed by atoms with van der Waals surface area (Å²) in [5.74, 6) is 0.519. The molecule has 0 aliphatic heterocycles. The Kier molecular flexibility index (Phi) is 7.01. The van der Waals surface area contributed by atoms with Crippen LogP contribution < -0.4 is 4.74 Å². The van der Waals surface area contributed by atoms with Gasteiger partial charge in [0.1, 0.15) is 5.75 Å². The predicted octanol–water partition coefficient (Wildman–Crippen LogP) is 4.13. The summed E-state index contributed by atoms with van der Waals surface area (Å²) in [4.78, 5) is 11.9. The Morgan fingerprint density at radius 3 is 2.47 bits per heavy atom. The minimum absolute atomic E-state index is 0.258. The molecule has 0 aliphatic rings. The Morgan fingerprint density at radius 1 is 1.11 bits per heavy atom. The van der Waals surface area contributed by atoms with E-state index in [0.29, 0.717) is 18.8 Å². The first kappa shape index (κ1) is 15.5. The Morgan fingerprint density at radius 2 is 1.79 bits per heavy atom. The van der Waals surface area contributed by atoms with Crippen molar-refractivity contribution in [3.8, 4) is 5.75 Å². The number of carbonyl (C=O) groups excluding carboxylic acids is 1. The van der Waals surface area contributed by atoms with Crippen LogP contribution in [0.3, 0.4) is 0 Å². The van der Waals surface area contributed by atoms with Crippen LogP contribution in [0.15, 0.2) is 18.2 Å². The zero-order valence-corrected chi connectivity index (χ0v) is 12.2. The van der Waals surface area contributed by atoms with Gasteiger partial charge in [-0.15, -0.1) is 0 Å². The van der Waals surface area contributed by atoms with Gasteiger partial charge in [-0.3, -0.25) is 0 Å². The van der Waals surface area contributed by atoms with Crippen molar-refractivity contribution in [3.63, 3.8) is 0 Å². The maximum atomic E-state index is 11.9. The van der Waals surface area contributed by atoms with Crippen molar-refractivity contribution >= 4 is 5.97 Å². The molecule has 0 aromatic heterocycles. The third kappa shape index (κ3) is 4.93. The lowest BCUT2D eigenvalue weighted by atomic mass is 10.1. The lowest BCUT2D eigenvalue weighted by molar-refractivity contribution is 0.0498. The molecule has 0 amide bonds. The average Bonchev–Trinajstić information content (AvgIpc) is 2.41. The van der Waals surface area contributed by atoms with Crippen molar-refractivity contribution in [1.29, 1.82) is 0 Å². The van der Waals surface area contributed by atoms with Crippen molar-refractivity contribution < 1.29 is 14.3 Å². The predicted molar refractivity (Wildman–Crippen MR) is 76.8 cm³/mol. The van der Waals surface area contributed by atoms with Crippen LogP contribution in [0.2, 0.25) is 0 Å². The van der Waals surface area contributed by atoms with Gasteiger partial charge < -0.3 is 9.47 Å². The summed E-state index contributed by atoms with van der Waals surface area (Å²) >= 11 is 0. The molecule has 0 aliphatic carbocycles. The summed E-state index contributed by atoms with van der Waals surface area (Å²) in [5.41, 5.74) is 1.46.